The Bertz CT molecular complexity index is 552. The van der Waals surface area contributed by atoms with Gasteiger partial charge in [0, 0.05) is 18.8 Å². The molecule has 0 aliphatic carbocycles. The first-order valence-corrected chi connectivity index (χ1v) is 6.86. The van der Waals surface area contributed by atoms with Gasteiger partial charge in [0.25, 0.3) is 0 Å². The van der Waals surface area contributed by atoms with Gasteiger partial charge in [0.1, 0.15) is 0 Å². The van der Waals surface area contributed by atoms with Crippen LogP contribution in [0.2, 0.25) is 0 Å². The number of hydrogen-bond donors (Lipinski definition) is 1. The predicted octanol–water partition coefficient (Wildman–Crippen LogP) is 2.88. The lowest BCUT2D eigenvalue weighted by molar-refractivity contribution is -0.117. The highest BCUT2D eigenvalue weighted by Gasteiger charge is 2.34. The average molecular weight is 351 g/mol. The molecule has 0 aromatic heterocycles. The molecule has 102 valence electrons. The summed E-state index contributed by atoms with van der Waals surface area (Å²) in [7, 11) is 0. The fraction of sp³-hybridized carbons (Fsp3) is 0.333. The monoisotopic (exact) mass is 349 g/mol. The molecule has 0 radical (unpaired) electrons. The van der Waals surface area contributed by atoms with Crippen molar-refractivity contribution in [1.82, 2.24) is 0 Å². The third-order valence-electron chi connectivity index (χ3n) is 2.99. The predicted molar refractivity (Wildman–Crippen MR) is 72.2 cm³/mol. The number of alkyl halides is 1. The summed E-state index contributed by atoms with van der Waals surface area (Å²) in [5, 5.41) is 9.10. The fourth-order valence-corrected chi connectivity index (χ4v) is 2.60. The minimum atomic E-state index is -1.27. The quantitative estimate of drug-likeness (QED) is 0.853. The molecule has 1 atom stereocenters. The second-order valence-electron chi connectivity index (χ2n) is 4.29. The molecule has 1 amide bonds. The lowest BCUT2D eigenvalue weighted by atomic mass is 10.1. The van der Waals surface area contributed by atoms with Gasteiger partial charge in [0.2, 0.25) is 5.91 Å². The molecular weight excluding hydrogens is 340 g/mol. The van der Waals surface area contributed by atoms with Crippen LogP contribution in [-0.4, -0.2) is 29.4 Å². The lowest BCUT2D eigenvalue weighted by Crippen LogP contribution is -2.28. The summed E-state index contributed by atoms with van der Waals surface area (Å²) < 4.78 is 14.3. The van der Waals surface area contributed by atoms with Crippen LogP contribution >= 0.6 is 27.5 Å². The summed E-state index contributed by atoms with van der Waals surface area (Å²) in [5.41, 5.74) is -0.427. The van der Waals surface area contributed by atoms with Crippen molar-refractivity contribution in [2.45, 2.75) is 6.42 Å². The number of hydrogen-bond acceptors (Lipinski definition) is 2. The first kappa shape index (κ1) is 14.3. The number of halogens is 3. The van der Waals surface area contributed by atoms with Crippen molar-refractivity contribution in [3.8, 4) is 0 Å². The van der Waals surface area contributed by atoms with Gasteiger partial charge >= 0.3 is 5.97 Å². The molecule has 1 fully saturated rings. The van der Waals surface area contributed by atoms with Crippen LogP contribution in [0.3, 0.4) is 0 Å². The molecule has 1 aliphatic heterocycles. The van der Waals surface area contributed by atoms with Crippen LogP contribution in [0.15, 0.2) is 16.6 Å². The Morgan fingerprint density at radius 1 is 1.58 bits per heavy atom. The molecule has 0 bridgehead atoms. The zero-order valence-electron chi connectivity index (χ0n) is 9.70. The maximum atomic E-state index is 14.1. The Hall–Kier alpha value is -1.14. The standard InChI is InChI=1S/C12H10BrClFNO3/c13-8-2-1-7(12(18)19)11(10(8)15)16-5-6(4-14)3-9(16)17/h1-2,6H,3-5H2,(H,18,19). The number of rotatable bonds is 3. The van der Waals surface area contributed by atoms with E-state index in [1.54, 1.807) is 0 Å². The molecule has 7 heteroatoms. The Morgan fingerprint density at radius 3 is 2.79 bits per heavy atom. The van der Waals surface area contributed by atoms with Crippen molar-refractivity contribution in [2.24, 2.45) is 5.92 Å². The number of benzene rings is 1. The third kappa shape index (κ3) is 2.60. The minimum Gasteiger partial charge on any atom is -0.478 e. The first-order valence-electron chi connectivity index (χ1n) is 5.53. The van der Waals surface area contributed by atoms with Crippen LogP contribution in [0.1, 0.15) is 16.8 Å². The van der Waals surface area contributed by atoms with Crippen molar-refractivity contribution >= 4 is 45.1 Å². The molecular formula is C12H10BrClFNO3. The third-order valence-corrected chi connectivity index (χ3v) is 4.04. The van der Waals surface area contributed by atoms with Crippen molar-refractivity contribution in [1.29, 1.82) is 0 Å². The first-order chi connectivity index (χ1) is 8.95. The summed E-state index contributed by atoms with van der Waals surface area (Å²) in [6.45, 7) is 0.232. The van der Waals surface area contributed by atoms with Crippen LogP contribution in [0.25, 0.3) is 0 Å². The largest absolute Gasteiger partial charge is 0.478 e. The second-order valence-corrected chi connectivity index (χ2v) is 5.45. The second kappa shape index (κ2) is 5.46. The minimum absolute atomic E-state index is 0.0887. The molecule has 19 heavy (non-hydrogen) atoms. The number of anilines is 1. The molecule has 1 aromatic rings. The topological polar surface area (TPSA) is 57.6 Å². The number of carbonyl (C=O) groups excluding carboxylic acids is 1. The number of carboxylic acid groups (broad SMARTS) is 1. The van der Waals surface area contributed by atoms with Gasteiger partial charge in [0.15, 0.2) is 5.82 Å². The molecule has 1 heterocycles. The van der Waals surface area contributed by atoms with E-state index in [2.05, 4.69) is 15.9 Å². The molecule has 1 N–H and O–H groups in total. The van der Waals surface area contributed by atoms with Crippen molar-refractivity contribution in [3.63, 3.8) is 0 Å². The van der Waals surface area contributed by atoms with Gasteiger partial charge in [-0.2, -0.15) is 0 Å². The summed E-state index contributed by atoms with van der Waals surface area (Å²) in [6.07, 6.45) is 0.203. The number of aromatic carboxylic acids is 1. The molecule has 0 spiro atoms. The molecule has 1 aliphatic rings. The van der Waals surface area contributed by atoms with E-state index in [1.165, 1.54) is 12.1 Å². The number of carboxylic acids is 1. The fourth-order valence-electron chi connectivity index (χ4n) is 2.08. The lowest BCUT2D eigenvalue weighted by Gasteiger charge is -2.20. The smallest absolute Gasteiger partial charge is 0.337 e. The number of nitrogens with zero attached hydrogens (tertiary/aromatic N) is 1. The SMILES string of the molecule is O=C(O)c1ccc(Br)c(F)c1N1CC(CCl)CC1=O. The summed E-state index contributed by atoms with van der Waals surface area (Å²) in [6, 6.07) is 2.58. The molecule has 4 nitrogen and oxygen atoms in total. The van der Waals surface area contributed by atoms with Crippen LogP contribution in [0.4, 0.5) is 10.1 Å². The van der Waals surface area contributed by atoms with Crippen LogP contribution in [0, 0.1) is 11.7 Å². The number of amides is 1. The Balaban J connectivity index is 2.52. The van der Waals surface area contributed by atoms with Gasteiger partial charge in [-0.1, -0.05) is 0 Å². The van der Waals surface area contributed by atoms with E-state index in [-0.39, 0.29) is 46.4 Å². The molecule has 1 aromatic carbocycles. The Labute approximate surface area is 122 Å². The maximum absolute atomic E-state index is 14.1. The zero-order chi connectivity index (χ0) is 14.2. The summed E-state index contributed by atoms with van der Waals surface area (Å²) in [4.78, 5) is 24.2. The van der Waals surface area contributed by atoms with Crippen molar-refractivity contribution in [2.75, 3.05) is 17.3 Å². The molecule has 0 saturated carbocycles. The molecule has 1 saturated heterocycles. The molecule has 1 unspecified atom stereocenters. The number of carbonyl (C=O) groups is 2. The zero-order valence-corrected chi connectivity index (χ0v) is 12.0. The van der Waals surface area contributed by atoms with E-state index in [4.69, 9.17) is 16.7 Å². The van der Waals surface area contributed by atoms with Crippen LogP contribution in [-0.2, 0) is 4.79 Å². The van der Waals surface area contributed by atoms with Gasteiger partial charge < -0.3 is 10.0 Å². The highest BCUT2D eigenvalue weighted by molar-refractivity contribution is 9.10. The normalized spacial score (nSPS) is 19.0. The van der Waals surface area contributed by atoms with Gasteiger partial charge in [-0.05, 0) is 34.0 Å². The van der Waals surface area contributed by atoms with Gasteiger partial charge in [-0.25, -0.2) is 9.18 Å². The van der Waals surface area contributed by atoms with E-state index in [0.29, 0.717) is 0 Å². The highest BCUT2D eigenvalue weighted by Crippen LogP contribution is 2.34. The van der Waals surface area contributed by atoms with E-state index in [9.17, 15) is 14.0 Å². The van der Waals surface area contributed by atoms with Crippen LogP contribution in [0.5, 0.6) is 0 Å². The van der Waals surface area contributed by atoms with Crippen molar-refractivity contribution in [3.05, 3.63) is 28.0 Å². The highest BCUT2D eigenvalue weighted by atomic mass is 79.9. The van der Waals surface area contributed by atoms with Gasteiger partial charge in [-0.3, -0.25) is 4.79 Å². The average Bonchev–Trinajstić information content (AvgIpc) is 2.73. The molecule has 2 rings (SSSR count). The summed E-state index contributed by atoms with van der Waals surface area (Å²) >= 11 is 8.70. The van der Waals surface area contributed by atoms with E-state index in [1.807, 2.05) is 0 Å². The maximum Gasteiger partial charge on any atom is 0.337 e. The Morgan fingerprint density at radius 2 is 2.26 bits per heavy atom. The van der Waals surface area contributed by atoms with E-state index >= 15 is 0 Å². The van der Waals surface area contributed by atoms with Gasteiger partial charge in [-0.15, -0.1) is 11.6 Å². The van der Waals surface area contributed by atoms with Gasteiger partial charge in [0.05, 0.1) is 15.7 Å². The van der Waals surface area contributed by atoms with E-state index in [0.717, 1.165) is 4.90 Å². The Kier molecular flexibility index (Phi) is 4.10. The van der Waals surface area contributed by atoms with Crippen LogP contribution < -0.4 is 4.90 Å². The summed E-state index contributed by atoms with van der Waals surface area (Å²) in [5.74, 6) is -2.15. The van der Waals surface area contributed by atoms with E-state index < -0.39 is 11.8 Å². The van der Waals surface area contributed by atoms with Crippen molar-refractivity contribution < 1.29 is 19.1 Å².